The number of hydrogen-bond donors (Lipinski definition) is 3. The van der Waals surface area contributed by atoms with E-state index in [9.17, 15) is 9.59 Å². The van der Waals surface area contributed by atoms with Gasteiger partial charge in [-0.3, -0.25) is 9.59 Å². The fourth-order valence-electron chi connectivity index (χ4n) is 3.07. The molecule has 146 valence electrons. The average Bonchev–Trinajstić information content (AvgIpc) is 3.04. The van der Waals surface area contributed by atoms with Crippen molar-refractivity contribution in [2.24, 2.45) is 0 Å². The Morgan fingerprint density at radius 1 is 1.11 bits per heavy atom. The molecular weight excluding hydrogens is 354 g/mol. The van der Waals surface area contributed by atoms with Crippen LogP contribution in [0.4, 0.5) is 5.69 Å². The lowest BCUT2D eigenvalue weighted by Gasteiger charge is -2.17. The number of carbonyl (C=O) groups is 2. The van der Waals surface area contributed by atoms with Crippen LogP contribution in [0.25, 0.3) is 11.0 Å². The minimum Gasteiger partial charge on any atom is -0.376 e. The summed E-state index contributed by atoms with van der Waals surface area (Å²) in [5, 5.41) is 5.88. The molecule has 2 aromatic carbocycles. The van der Waals surface area contributed by atoms with Gasteiger partial charge in [0.15, 0.2) is 0 Å². The van der Waals surface area contributed by atoms with Crippen molar-refractivity contribution in [1.29, 1.82) is 0 Å². The van der Waals surface area contributed by atoms with E-state index in [1.807, 2.05) is 50.2 Å². The molecule has 0 bridgehead atoms. The van der Waals surface area contributed by atoms with E-state index in [-0.39, 0.29) is 18.4 Å². The number of nitrogens with zero attached hydrogens (tertiary/aromatic N) is 2. The van der Waals surface area contributed by atoms with Gasteiger partial charge in [-0.05, 0) is 35.9 Å². The second-order valence-corrected chi connectivity index (χ2v) is 6.36. The van der Waals surface area contributed by atoms with E-state index in [1.54, 1.807) is 18.0 Å². The van der Waals surface area contributed by atoms with Gasteiger partial charge in [0, 0.05) is 24.8 Å². The van der Waals surface area contributed by atoms with Crippen molar-refractivity contribution < 1.29 is 9.59 Å². The first-order valence-corrected chi connectivity index (χ1v) is 9.43. The second kappa shape index (κ2) is 8.56. The Morgan fingerprint density at radius 2 is 1.89 bits per heavy atom. The minimum atomic E-state index is -0.0937. The van der Waals surface area contributed by atoms with Crippen molar-refractivity contribution in [1.82, 2.24) is 20.2 Å². The standard InChI is InChI=1S/C19H19N5O2.C2H6/c1-24(11-17-22-15-4-2-3-5-16(15)23-17)19(26)12-6-7-14-13(8-12)9-21-18(25)10-20-14;1-2/h2-8,20H,9-11H2,1H3,(H,21,25)(H,22,23);1-2H3. The lowest BCUT2D eigenvalue weighted by atomic mass is 10.1. The molecule has 0 fully saturated rings. The van der Waals surface area contributed by atoms with Crippen LogP contribution in [0, 0.1) is 0 Å². The van der Waals surface area contributed by atoms with Gasteiger partial charge >= 0.3 is 0 Å². The number of fused-ring (bicyclic) bond motifs is 2. The van der Waals surface area contributed by atoms with E-state index < -0.39 is 0 Å². The molecule has 0 atom stereocenters. The van der Waals surface area contributed by atoms with Crippen molar-refractivity contribution in [3.63, 3.8) is 0 Å². The van der Waals surface area contributed by atoms with Crippen LogP contribution in [0.2, 0.25) is 0 Å². The van der Waals surface area contributed by atoms with Crippen LogP contribution in [0.1, 0.15) is 35.6 Å². The zero-order valence-corrected chi connectivity index (χ0v) is 16.4. The van der Waals surface area contributed by atoms with Crippen LogP contribution in [0.15, 0.2) is 42.5 Å². The highest BCUT2D eigenvalue weighted by molar-refractivity contribution is 5.95. The summed E-state index contributed by atoms with van der Waals surface area (Å²) in [6.45, 7) is 5.04. The smallest absolute Gasteiger partial charge is 0.254 e. The third-order valence-corrected chi connectivity index (χ3v) is 4.44. The molecule has 1 aliphatic rings. The molecule has 7 nitrogen and oxygen atoms in total. The van der Waals surface area contributed by atoms with Crippen molar-refractivity contribution >= 4 is 28.5 Å². The predicted molar refractivity (Wildman–Crippen MR) is 110 cm³/mol. The summed E-state index contributed by atoms with van der Waals surface area (Å²) < 4.78 is 0. The summed E-state index contributed by atoms with van der Waals surface area (Å²) in [7, 11) is 1.75. The van der Waals surface area contributed by atoms with Gasteiger partial charge in [0.1, 0.15) is 5.82 Å². The van der Waals surface area contributed by atoms with E-state index in [0.29, 0.717) is 18.7 Å². The quantitative estimate of drug-likeness (QED) is 0.653. The number of amides is 2. The summed E-state index contributed by atoms with van der Waals surface area (Å²) in [6, 6.07) is 13.2. The number of carbonyl (C=O) groups excluding carboxylic acids is 2. The zero-order valence-electron chi connectivity index (χ0n) is 16.4. The monoisotopic (exact) mass is 379 g/mol. The maximum atomic E-state index is 12.8. The van der Waals surface area contributed by atoms with Crippen LogP contribution < -0.4 is 10.6 Å². The SMILES string of the molecule is CC.CN(Cc1nc2ccccc2[nH]1)C(=O)c1ccc2c(c1)CNC(=O)CN2. The van der Waals surface area contributed by atoms with Gasteiger partial charge in [-0.15, -0.1) is 0 Å². The summed E-state index contributed by atoms with van der Waals surface area (Å²) in [6.07, 6.45) is 0. The number of rotatable bonds is 3. The van der Waals surface area contributed by atoms with E-state index >= 15 is 0 Å². The molecular formula is C21H25N5O2. The first-order valence-electron chi connectivity index (χ1n) is 9.43. The summed E-state index contributed by atoms with van der Waals surface area (Å²) in [5.74, 6) is 0.589. The summed E-state index contributed by atoms with van der Waals surface area (Å²) in [5.41, 5.74) is 4.20. The fraction of sp³-hybridized carbons (Fsp3) is 0.286. The number of aromatic nitrogens is 2. The molecule has 2 amide bonds. The number of para-hydroxylation sites is 2. The molecule has 28 heavy (non-hydrogen) atoms. The van der Waals surface area contributed by atoms with Crippen LogP contribution in [0.5, 0.6) is 0 Å². The van der Waals surface area contributed by atoms with E-state index in [4.69, 9.17) is 0 Å². The largest absolute Gasteiger partial charge is 0.376 e. The number of H-pyrrole nitrogens is 1. The van der Waals surface area contributed by atoms with E-state index in [2.05, 4.69) is 20.6 Å². The summed E-state index contributed by atoms with van der Waals surface area (Å²) in [4.78, 5) is 33.6. The number of aromatic amines is 1. The molecule has 4 rings (SSSR count). The van der Waals surface area contributed by atoms with E-state index in [0.717, 1.165) is 28.1 Å². The number of benzene rings is 2. The molecule has 1 aromatic heterocycles. The molecule has 0 radical (unpaired) electrons. The Bertz CT molecular complexity index is 962. The molecule has 3 aromatic rings. The van der Waals surface area contributed by atoms with Gasteiger partial charge in [0.25, 0.3) is 5.91 Å². The predicted octanol–water partition coefficient (Wildman–Crippen LogP) is 2.90. The van der Waals surface area contributed by atoms with Gasteiger partial charge in [-0.2, -0.15) is 0 Å². The third-order valence-electron chi connectivity index (χ3n) is 4.44. The fourth-order valence-corrected chi connectivity index (χ4v) is 3.07. The van der Waals surface area contributed by atoms with Gasteiger partial charge in [0.05, 0.1) is 24.1 Å². The molecule has 0 aliphatic carbocycles. The Balaban J connectivity index is 0.00000109. The average molecular weight is 379 g/mol. The molecule has 0 spiro atoms. The molecule has 0 unspecified atom stereocenters. The van der Waals surface area contributed by atoms with Crippen LogP contribution in [0.3, 0.4) is 0 Å². The molecule has 7 heteroatoms. The van der Waals surface area contributed by atoms with Crippen LogP contribution >= 0.6 is 0 Å². The van der Waals surface area contributed by atoms with Gasteiger partial charge in [-0.25, -0.2) is 4.98 Å². The van der Waals surface area contributed by atoms with Crippen molar-refractivity contribution in [3.05, 3.63) is 59.4 Å². The van der Waals surface area contributed by atoms with Gasteiger partial charge in [-0.1, -0.05) is 26.0 Å². The first kappa shape index (κ1) is 19.4. The highest BCUT2D eigenvalue weighted by Gasteiger charge is 2.17. The van der Waals surface area contributed by atoms with Crippen molar-refractivity contribution in [3.8, 4) is 0 Å². The number of anilines is 1. The van der Waals surface area contributed by atoms with Gasteiger partial charge < -0.3 is 20.5 Å². The topological polar surface area (TPSA) is 90.1 Å². The number of nitrogens with one attached hydrogen (secondary N) is 3. The second-order valence-electron chi connectivity index (χ2n) is 6.36. The lowest BCUT2D eigenvalue weighted by molar-refractivity contribution is -0.119. The van der Waals surface area contributed by atoms with E-state index in [1.165, 1.54) is 0 Å². The lowest BCUT2D eigenvalue weighted by Crippen LogP contribution is -2.27. The van der Waals surface area contributed by atoms with Crippen molar-refractivity contribution in [2.75, 3.05) is 18.9 Å². The Labute approximate surface area is 164 Å². The van der Waals surface area contributed by atoms with Crippen LogP contribution in [-0.2, 0) is 17.9 Å². The molecule has 3 N–H and O–H groups in total. The highest BCUT2D eigenvalue weighted by Crippen LogP contribution is 2.20. The van der Waals surface area contributed by atoms with Crippen LogP contribution in [-0.4, -0.2) is 40.3 Å². The Hall–Kier alpha value is -3.35. The van der Waals surface area contributed by atoms with Crippen molar-refractivity contribution in [2.45, 2.75) is 26.9 Å². The number of hydrogen-bond acceptors (Lipinski definition) is 4. The Kier molecular flexibility index (Phi) is 5.93. The Morgan fingerprint density at radius 3 is 2.68 bits per heavy atom. The zero-order chi connectivity index (χ0) is 20.1. The normalized spacial score (nSPS) is 12.8. The highest BCUT2D eigenvalue weighted by atomic mass is 16.2. The molecule has 0 saturated carbocycles. The minimum absolute atomic E-state index is 0.0592. The maximum absolute atomic E-state index is 12.8. The molecule has 2 heterocycles. The maximum Gasteiger partial charge on any atom is 0.254 e. The molecule has 0 saturated heterocycles. The number of imidazole rings is 1. The first-order chi connectivity index (χ1) is 13.6. The molecule has 1 aliphatic heterocycles. The van der Waals surface area contributed by atoms with Gasteiger partial charge in [0.2, 0.25) is 5.91 Å². The third kappa shape index (κ3) is 4.14. The summed E-state index contributed by atoms with van der Waals surface area (Å²) >= 11 is 0.